The molecule has 0 aliphatic heterocycles. The lowest BCUT2D eigenvalue weighted by atomic mass is 10.3. The first-order valence-electron chi connectivity index (χ1n) is 5.00. The molecule has 1 amide bonds. The van der Waals surface area contributed by atoms with Crippen LogP contribution in [0.5, 0.6) is 0 Å². The van der Waals surface area contributed by atoms with Crippen molar-refractivity contribution >= 4 is 5.91 Å². The van der Waals surface area contributed by atoms with Crippen molar-refractivity contribution in [1.29, 1.82) is 0 Å². The summed E-state index contributed by atoms with van der Waals surface area (Å²) in [4.78, 5) is 13.4. The summed E-state index contributed by atoms with van der Waals surface area (Å²) in [5, 5.41) is 9.65. The number of carbonyl (C=O) groups excluding carboxylic acids is 1. The molecule has 84 valence electrons. The number of hydrogen-bond donors (Lipinski definition) is 2. The molecule has 2 N–H and O–H groups in total. The third-order valence-electron chi connectivity index (χ3n) is 1.98. The fraction of sp³-hybridized carbons (Fsp3) is 0.600. The average Bonchev–Trinajstić information content (AvgIpc) is 2.50. The molecule has 0 unspecified atom stereocenters. The molecular weight excluding hydrogens is 192 g/mol. The number of aryl methyl sites for hydroxylation is 1. The summed E-state index contributed by atoms with van der Waals surface area (Å²) in [6.45, 7) is 3.45. The van der Waals surface area contributed by atoms with Gasteiger partial charge in [-0.1, -0.05) is 0 Å². The fourth-order valence-electron chi connectivity index (χ4n) is 1.21. The van der Waals surface area contributed by atoms with Gasteiger partial charge in [0.05, 0.1) is 12.1 Å². The van der Waals surface area contributed by atoms with Gasteiger partial charge in [-0.05, 0) is 27.1 Å². The van der Waals surface area contributed by atoms with Crippen LogP contribution in [0, 0.1) is 6.92 Å². The molecule has 5 nitrogen and oxygen atoms in total. The number of rotatable bonds is 5. The van der Waals surface area contributed by atoms with Crippen LogP contribution < -0.4 is 5.32 Å². The van der Waals surface area contributed by atoms with Crippen LogP contribution in [0.3, 0.4) is 0 Å². The number of aromatic amines is 1. The third-order valence-corrected chi connectivity index (χ3v) is 1.98. The smallest absolute Gasteiger partial charge is 0.226 e. The summed E-state index contributed by atoms with van der Waals surface area (Å²) in [7, 11) is 3.95. The van der Waals surface area contributed by atoms with Crippen molar-refractivity contribution in [2.75, 3.05) is 27.2 Å². The lowest BCUT2D eigenvalue weighted by molar-refractivity contribution is -0.120. The Morgan fingerprint density at radius 2 is 2.33 bits per heavy atom. The molecule has 0 fully saturated rings. The van der Waals surface area contributed by atoms with Crippen LogP contribution in [0.25, 0.3) is 0 Å². The topological polar surface area (TPSA) is 61.0 Å². The number of carbonyl (C=O) groups is 1. The van der Waals surface area contributed by atoms with E-state index in [-0.39, 0.29) is 5.91 Å². The standard InChI is InChI=1S/C10H18N4O/c1-8-6-9(13-12-8)7-10(15)11-4-5-14(2)3/h6H,4-5,7H2,1-3H3,(H,11,15)(H,12,13). The minimum absolute atomic E-state index is 0.0170. The average molecular weight is 210 g/mol. The van der Waals surface area contributed by atoms with E-state index in [4.69, 9.17) is 0 Å². The monoisotopic (exact) mass is 210 g/mol. The molecule has 0 spiro atoms. The normalized spacial score (nSPS) is 10.7. The maximum absolute atomic E-state index is 11.4. The lowest BCUT2D eigenvalue weighted by Gasteiger charge is -2.09. The van der Waals surface area contributed by atoms with E-state index in [0.717, 1.165) is 17.9 Å². The summed E-state index contributed by atoms with van der Waals surface area (Å²) in [5.74, 6) is 0.0170. The molecule has 1 heterocycles. The largest absolute Gasteiger partial charge is 0.354 e. The van der Waals surface area contributed by atoms with Crippen molar-refractivity contribution in [3.63, 3.8) is 0 Å². The molecule has 0 aliphatic carbocycles. The Labute approximate surface area is 89.9 Å². The molecule has 5 heteroatoms. The van der Waals surface area contributed by atoms with Gasteiger partial charge in [-0.25, -0.2) is 0 Å². The van der Waals surface area contributed by atoms with Crippen LogP contribution >= 0.6 is 0 Å². The van der Waals surface area contributed by atoms with Crippen molar-refractivity contribution < 1.29 is 4.79 Å². The Balaban J connectivity index is 2.24. The first kappa shape index (κ1) is 11.7. The summed E-state index contributed by atoms with van der Waals surface area (Å²) in [6.07, 6.45) is 0.345. The molecule has 0 radical (unpaired) electrons. The van der Waals surface area contributed by atoms with Gasteiger partial charge < -0.3 is 10.2 Å². The fourth-order valence-corrected chi connectivity index (χ4v) is 1.21. The van der Waals surface area contributed by atoms with E-state index in [1.54, 1.807) is 0 Å². The molecule has 0 saturated carbocycles. The number of amides is 1. The first-order chi connectivity index (χ1) is 7.08. The van der Waals surface area contributed by atoms with E-state index in [1.165, 1.54) is 0 Å². The molecule has 15 heavy (non-hydrogen) atoms. The molecule has 0 saturated heterocycles. The molecule has 0 bridgehead atoms. The first-order valence-corrected chi connectivity index (χ1v) is 5.00. The molecule has 1 rings (SSSR count). The van der Waals surface area contributed by atoms with Gasteiger partial charge in [-0.2, -0.15) is 5.10 Å². The summed E-state index contributed by atoms with van der Waals surface area (Å²) >= 11 is 0. The molecular formula is C10H18N4O. The Bertz CT molecular complexity index is 319. The highest BCUT2D eigenvalue weighted by Gasteiger charge is 2.05. The van der Waals surface area contributed by atoms with Crippen LogP contribution in [0.1, 0.15) is 11.4 Å². The van der Waals surface area contributed by atoms with Crippen molar-refractivity contribution in [2.24, 2.45) is 0 Å². The SMILES string of the molecule is Cc1cc(CC(=O)NCCN(C)C)n[nH]1. The van der Waals surface area contributed by atoms with Gasteiger partial charge in [0.15, 0.2) is 0 Å². The predicted octanol–water partition coefficient (Wildman–Crippen LogP) is -0.0616. The Morgan fingerprint density at radius 1 is 1.60 bits per heavy atom. The second-order valence-electron chi connectivity index (χ2n) is 3.87. The van der Waals surface area contributed by atoms with Gasteiger partial charge in [-0.15, -0.1) is 0 Å². The van der Waals surface area contributed by atoms with Crippen molar-refractivity contribution in [1.82, 2.24) is 20.4 Å². The zero-order chi connectivity index (χ0) is 11.3. The number of likely N-dealkylation sites (N-methyl/N-ethyl adjacent to an activating group) is 1. The predicted molar refractivity (Wildman–Crippen MR) is 58.6 cm³/mol. The zero-order valence-corrected chi connectivity index (χ0v) is 9.50. The second kappa shape index (κ2) is 5.50. The number of H-pyrrole nitrogens is 1. The molecule has 1 aromatic heterocycles. The van der Waals surface area contributed by atoms with Crippen molar-refractivity contribution in [3.8, 4) is 0 Å². The van der Waals surface area contributed by atoms with Gasteiger partial charge >= 0.3 is 0 Å². The van der Waals surface area contributed by atoms with Crippen LogP contribution in [0.15, 0.2) is 6.07 Å². The molecule has 0 aromatic carbocycles. The van der Waals surface area contributed by atoms with E-state index in [1.807, 2.05) is 32.0 Å². The Kier molecular flexibility index (Phi) is 4.30. The summed E-state index contributed by atoms with van der Waals surface area (Å²) < 4.78 is 0. The highest BCUT2D eigenvalue weighted by molar-refractivity contribution is 5.78. The number of nitrogens with one attached hydrogen (secondary N) is 2. The Morgan fingerprint density at radius 3 is 2.87 bits per heavy atom. The molecule has 0 atom stereocenters. The van der Waals surface area contributed by atoms with E-state index in [9.17, 15) is 4.79 Å². The van der Waals surface area contributed by atoms with Gasteiger partial charge in [0, 0.05) is 18.8 Å². The number of hydrogen-bond acceptors (Lipinski definition) is 3. The number of aromatic nitrogens is 2. The number of nitrogens with zero attached hydrogens (tertiary/aromatic N) is 2. The second-order valence-corrected chi connectivity index (χ2v) is 3.87. The third kappa shape index (κ3) is 4.60. The van der Waals surface area contributed by atoms with Crippen LogP contribution in [-0.4, -0.2) is 48.2 Å². The summed E-state index contributed by atoms with van der Waals surface area (Å²) in [5.41, 5.74) is 1.76. The zero-order valence-electron chi connectivity index (χ0n) is 9.50. The highest BCUT2D eigenvalue weighted by Crippen LogP contribution is 1.97. The highest BCUT2D eigenvalue weighted by atomic mass is 16.1. The minimum atomic E-state index is 0.0170. The van der Waals surface area contributed by atoms with Crippen LogP contribution in [0.4, 0.5) is 0 Å². The van der Waals surface area contributed by atoms with Gasteiger partial charge in [0.2, 0.25) is 5.91 Å². The minimum Gasteiger partial charge on any atom is -0.354 e. The maximum atomic E-state index is 11.4. The van der Waals surface area contributed by atoms with Crippen molar-refractivity contribution in [3.05, 3.63) is 17.5 Å². The van der Waals surface area contributed by atoms with Crippen LogP contribution in [-0.2, 0) is 11.2 Å². The quantitative estimate of drug-likeness (QED) is 0.715. The van der Waals surface area contributed by atoms with E-state index in [2.05, 4.69) is 15.5 Å². The van der Waals surface area contributed by atoms with Crippen molar-refractivity contribution in [2.45, 2.75) is 13.3 Å². The molecule has 0 aliphatic rings. The van der Waals surface area contributed by atoms with Crippen LogP contribution in [0.2, 0.25) is 0 Å². The van der Waals surface area contributed by atoms with E-state index < -0.39 is 0 Å². The van der Waals surface area contributed by atoms with E-state index in [0.29, 0.717) is 13.0 Å². The summed E-state index contributed by atoms with van der Waals surface area (Å²) in [6, 6.07) is 1.88. The van der Waals surface area contributed by atoms with Gasteiger partial charge in [-0.3, -0.25) is 9.89 Å². The van der Waals surface area contributed by atoms with Gasteiger partial charge in [0.1, 0.15) is 0 Å². The Hall–Kier alpha value is -1.36. The van der Waals surface area contributed by atoms with Gasteiger partial charge in [0.25, 0.3) is 0 Å². The lowest BCUT2D eigenvalue weighted by Crippen LogP contribution is -2.32. The maximum Gasteiger partial charge on any atom is 0.226 e. The molecule has 1 aromatic rings. The van der Waals surface area contributed by atoms with E-state index >= 15 is 0 Å².